The summed E-state index contributed by atoms with van der Waals surface area (Å²) in [7, 11) is 0. The molecule has 124 valence electrons. The number of hydrogen-bond acceptors (Lipinski definition) is 4. The summed E-state index contributed by atoms with van der Waals surface area (Å²) in [6, 6.07) is 14.1. The number of ether oxygens (including phenoxy) is 1. The van der Waals surface area contributed by atoms with E-state index < -0.39 is 0 Å². The first-order chi connectivity index (χ1) is 11.8. The van der Waals surface area contributed by atoms with E-state index >= 15 is 0 Å². The van der Waals surface area contributed by atoms with Crippen molar-refractivity contribution >= 4 is 5.91 Å². The average Bonchev–Trinajstić information content (AvgIpc) is 2.68. The molecule has 1 aromatic heterocycles. The summed E-state index contributed by atoms with van der Waals surface area (Å²) < 4.78 is 5.76. The number of amides is 1. The van der Waals surface area contributed by atoms with E-state index in [1.165, 1.54) is 5.56 Å². The minimum atomic E-state index is 0.0302. The molecule has 0 saturated carbocycles. The predicted molar refractivity (Wildman–Crippen MR) is 91.0 cm³/mol. The van der Waals surface area contributed by atoms with Gasteiger partial charge < -0.3 is 9.64 Å². The summed E-state index contributed by atoms with van der Waals surface area (Å²) in [5.41, 5.74) is 1.80. The lowest BCUT2D eigenvalue weighted by molar-refractivity contribution is 0.0505. The zero-order valence-corrected chi connectivity index (χ0v) is 13.6. The van der Waals surface area contributed by atoms with Crippen LogP contribution in [0.25, 0.3) is 0 Å². The van der Waals surface area contributed by atoms with Crippen LogP contribution in [0.5, 0.6) is 5.75 Å². The monoisotopic (exact) mass is 323 g/mol. The van der Waals surface area contributed by atoms with Crippen molar-refractivity contribution < 1.29 is 9.53 Å². The van der Waals surface area contributed by atoms with Gasteiger partial charge in [-0.3, -0.25) is 14.7 Å². The Kier molecular flexibility index (Phi) is 4.17. The number of carbonyl (C=O) groups is 1. The molecule has 2 aliphatic heterocycles. The van der Waals surface area contributed by atoms with Crippen LogP contribution in [0.15, 0.2) is 48.7 Å². The van der Waals surface area contributed by atoms with Crippen LogP contribution in [0.3, 0.4) is 0 Å². The minimum Gasteiger partial charge on any atom is -0.493 e. The molecule has 0 bridgehead atoms. The maximum Gasteiger partial charge on any atom is 0.272 e. The van der Waals surface area contributed by atoms with E-state index in [2.05, 4.69) is 22.0 Å². The second-order valence-electron chi connectivity index (χ2n) is 6.23. The van der Waals surface area contributed by atoms with Gasteiger partial charge in [0.05, 0.1) is 6.61 Å². The normalized spacial score (nSPS) is 21.0. The minimum absolute atomic E-state index is 0.0302. The van der Waals surface area contributed by atoms with E-state index in [1.807, 2.05) is 29.2 Å². The summed E-state index contributed by atoms with van der Waals surface area (Å²) in [6.07, 6.45) is 2.67. The van der Waals surface area contributed by atoms with Crippen molar-refractivity contribution in [2.45, 2.75) is 12.5 Å². The summed E-state index contributed by atoms with van der Waals surface area (Å²) in [5, 5.41) is 0. The lowest BCUT2D eigenvalue weighted by atomic mass is 9.98. The second kappa shape index (κ2) is 6.61. The molecule has 1 saturated heterocycles. The van der Waals surface area contributed by atoms with Crippen molar-refractivity contribution in [3.8, 4) is 5.75 Å². The standard InChI is InChI=1S/C19H21N3O2/c23-19(16-6-3-4-9-20-16)22-12-10-21(11-13-22)17-8-14-24-18-7-2-1-5-15(17)18/h1-7,9,17H,8,10-14H2. The first-order valence-corrected chi connectivity index (χ1v) is 8.49. The van der Waals surface area contributed by atoms with Gasteiger partial charge in [-0.15, -0.1) is 0 Å². The summed E-state index contributed by atoms with van der Waals surface area (Å²) in [5.74, 6) is 1.03. The lowest BCUT2D eigenvalue weighted by Gasteiger charge is -2.41. The van der Waals surface area contributed by atoms with Gasteiger partial charge in [-0.25, -0.2) is 0 Å². The van der Waals surface area contributed by atoms with Gasteiger partial charge in [-0.2, -0.15) is 0 Å². The van der Waals surface area contributed by atoms with Gasteiger partial charge in [0, 0.05) is 50.4 Å². The van der Waals surface area contributed by atoms with Gasteiger partial charge >= 0.3 is 0 Å². The first-order valence-electron chi connectivity index (χ1n) is 8.49. The topological polar surface area (TPSA) is 45.7 Å². The van der Waals surface area contributed by atoms with E-state index in [9.17, 15) is 4.79 Å². The van der Waals surface area contributed by atoms with Gasteiger partial charge in [-0.05, 0) is 18.2 Å². The second-order valence-corrected chi connectivity index (χ2v) is 6.23. The Bertz CT molecular complexity index is 712. The molecule has 0 aliphatic carbocycles. The zero-order chi connectivity index (χ0) is 16.4. The van der Waals surface area contributed by atoms with E-state index in [4.69, 9.17) is 4.74 Å². The third-order valence-corrected chi connectivity index (χ3v) is 4.85. The van der Waals surface area contributed by atoms with Crippen LogP contribution in [-0.4, -0.2) is 53.5 Å². The van der Waals surface area contributed by atoms with Crippen molar-refractivity contribution in [1.29, 1.82) is 0 Å². The Labute approximate surface area is 141 Å². The molecule has 0 N–H and O–H groups in total. The average molecular weight is 323 g/mol. The highest BCUT2D eigenvalue weighted by Crippen LogP contribution is 2.36. The summed E-state index contributed by atoms with van der Waals surface area (Å²) in [6.45, 7) is 4.02. The van der Waals surface area contributed by atoms with Crippen LogP contribution >= 0.6 is 0 Å². The van der Waals surface area contributed by atoms with Crippen molar-refractivity contribution in [2.75, 3.05) is 32.8 Å². The van der Waals surface area contributed by atoms with Gasteiger partial charge in [0.2, 0.25) is 0 Å². The largest absolute Gasteiger partial charge is 0.493 e. The number of nitrogens with zero attached hydrogens (tertiary/aromatic N) is 3. The van der Waals surface area contributed by atoms with Gasteiger partial charge in [0.15, 0.2) is 0 Å². The summed E-state index contributed by atoms with van der Waals surface area (Å²) in [4.78, 5) is 21.1. The summed E-state index contributed by atoms with van der Waals surface area (Å²) >= 11 is 0. The molecule has 0 spiro atoms. The van der Waals surface area contributed by atoms with E-state index in [-0.39, 0.29) is 5.91 Å². The van der Waals surface area contributed by atoms with Crippen LogP contribution in [0.2, 0.25) is 0 Å². The van der Waals surface area contributed by atoms with Crippen LogP contribution < -0.4 is 4.74 Å². The smallest absolute Gasteiger partial charge is 0.272 e. The number of fused-ring (bicyclic) bond motifs is 1. The Morgan fingerprint density at radius 1 is 1.04 bits per heavy atom. The molecule has 0 radical (unpaired) electrons. The van der Waals surface area contributed by atoms with Crippen LogP contribution in [0.4, 0.5) is 0 Å². The van der Waals surface area contributed by atoms with Gasteiger partial charge in [0.1, 0.15) is 11.4 Å². The van der Waals surface area contributed by atoms with Crippen LogP contribution in [-0.2, 0) is 0 Å². The Morgan fingerprint density at radius 2 is 1.83 bits per heavy atom. The number of carbonyl (C=O) groups excluding carboxylic acids is 1. The van der Waals surface area contributed by atoms with Gasteiger partial charge in [0.25, 0.3) is 5.91 Å². The Balaban J connectivity index is 1.43. The quantitative estimate of drug-likeness (QED) is 0.851. The number of aromatic nitrogens is 1. The van der Waals surface area contributed by atoms with Crippen molar-refractivity contribution in [3.63, 3.8) is 0 Å². The number of para-hydroxylation sites is 1. The molecule has 1 amide bonds. The lowest BCUT2D eigenvalue weighted by Crippen LogP contribution is -2.50. The van der Waals surface area contributed by atoms with Crippen molar-refractivity contribution in [2.24, 2.45) is 0 Å². The molecule has 5 nitrogen and oxygen atoms in total. The molecule has 1 fully saturated rings. The fourth-order valence-electron chi connectivity index (χ4n) is 3.59. The van der Waals surface area contributed by atoms with Crippen LogP contribution in [0.1, 0.15) is 28.5 Å². The number of pyridine rings is 1. The molecule has 3 heterocycles. The zero-order valence-electron chi connectivity index (χ0n) is 13.6. The molecule has 1 unspecified atom stereocenters. The van der Waals surface area contributed by atoms with Crippen LogP contribution in [0, 0.1) is 0 Å². The van der Waals surface area contributed by atoms with E-state index in [0.717, 1.165) is 45.0 Å². The van der Waals surface area contributed by atoms with E-state index in [0.29, 0.717) is 11.7 Å². The molecule has 4 rings (SSSR count). The molecule has 24 heavy (non-hydrogen) atoms. The maximum atomic E-state index is 12.5. The van der Waals surface area contributed by atoms with Crippen molar-refractivity contribution in [3.05, 3.63) is 59.9 Å². The highest BCUT2D eigenvalue weighted by molar-refractivity contribution is 5.92. The third-order valence-electron chi connectivity index (χ3n) is 4.85. The highest BCUT2D eigenvalue weighted by Gasteiger charge is 2.30. The molecule has 5 heteroatoms. The molecular formula is C19H21N3O2. The fraction of sp³-hybridized carbons (Fsp3) is 0.368. The van der Waals surface area contributed by atoms with Crippen molar-refractivity contribution in [1.82, 2.24) is 14.8 Å². The molecule has 2 aliphatic rings. The van der Waals surface area contributed by atoms with Gasteiger partial charge in [-0.1, -0.05) is 24.3 Å². The highest BCUT2D eigenvalue weighted by atomic mass is 16.5. The third kappa shape index (κ3) is 2.87. The Morgan fingerprint density at radius 3 is 2.62 bits per heavy atom. The molecular weight excluding hydrogens is 302 g/mol. The van der Waals surface area contributed by atoms with E-state index in [1.54, 1.807) is 12.3 Å². The first kappa shape index (κ1) is 15.1. The number of benzene rings is 1. The SMILES string of the molecule is O=C(c1ccccn1)N1CCN(C2CCOc3ccccc32)CC1. The molecule has 1 atom stereocenters. The number of rotatable bonds is 2. The fourth-order valence-corrected chi connectivity index (χ4v) is 3.59. The number of hydrogen-bond donors (Lipinski definition) is 0. The molecule has 1 aromatic carbocycles. The maximum absolute atomic E-state index is 12.5. The molecule has 2 aromatic rings. The predicted octanol–water partition coefficient (Wildman–Crippen LogP) is 2.36. The Hall–Kier alpha value is -2.40. The number of piperazine rings is 1.